The number of carbonyl (C=O) groups is 1. The zero-order valence-electron chi connectivity index (χ0n) is 17.3. The number of rotatable bonds is 5. The van der Waals surface area contributed by atoms with Crippen LogP contribution in [-0.2, 0) is 0 Å². The maximum atomic E-state index is 13.4. The van der Waals surface area contributed by atoms with E-state index in [-0.39, 0.29) is 11.9 Å². The molecule has 0 bridgehead atoms. The van der Waals surface area contributed by atoms with Crippen molar-refractivity contribution in [2.45, 2.75) is 19.9 Å². The Balaban J connectivity index is 1.79. The van der Waals surface area contributed by atoms with E-state index in [2.05, 4.69) is 5.32 Å². The summed E-state index contributed by atoms with van der Waals surface area (Å²) >= 11 is 0. The van der Waals surface area contributed by atoms with Crippen molar-refractivity contribution >= 4 is 16.8 Å². The molecule has 1 amide bonds. The minimum Gasteiger partial charge on any atom is -0.497 e. The maximum absolute atomic E-state index is 13.4. The van der Waals surface area contributed by atoms with Crippen molar-refractivity contribution < 1.29 is 9.53 Å². The lowest BCUT2D eigenvalue weighted by atomic mass is 9.96. The standard InChI is InChI=1S/C26H24N2O2/c1-17-24(26(29)27-18(2)19-9-5-4-6-10-19)22-11-7-8-12-23(22)28-25(17)20-13-15-21(30-3)16-14-20/h4-16,18H,1-3H3,(H,27,29). The molecule has 1 aromatic heterocycles. The monoisotopic (exact) mass is 396 g/mol. The predicted octanol–water partition coefficient (Wildman–Crippen LogP) is 5.71. The SMILES string of the molecule is COc1ccc(-c2nc3ccccc3c(C(=O)NC(C)c3ccccc3)c2C)cc1. The number of ether oxygens (including phenoxy) is 1. The molecular formula is C26H24N2O2. The second kappa shape index (κ2) is 8.37. The van der Waals surface area contributed by atoms with Crippen LogP contribution in [0.5, 0.6) is 5.75 Å². The van der Waals surface area contributed by atoms with E-state index in [1.165, 1.54) is 0 Å². The Morgan fingerprint density at radius 2 is 1.60 bits per heavy atom. The van der Waals surface area contributed by atoms with Gasteiger partial charge in [0.05, 0.1) is 29.9 Å². The average molecular weight is 396 g/mol. The van der Waals surface area contributed by atoms with Crippen LogP contribution in [0.15, 0.2) is 78.9 Å². The number of nitrogens with one attached hydrogen (secondary N) is 1. The first kappa shape index (κ1) is 19.6. The molecule has 4 rings (SSSR count). The Labute approximate surface area is 176 Å². The maximum Gasteiger partial charge on any atom is 0.252 e. The number of amides is 1. The van der Waals surface area contributed by atoms with Gasteiger partial charge in [0, 0.05) is 10.9 Å². The van der Waals surface area contributed by atoms with Gasteiger partial charge in [-0.1, -0.05) is 48.5 Å². The molecule has 0 spiro atoms. The van der Waals surface area contributed by atoms with Gasteiger partial charge in [-0.15, -0.1) is 0 Å². The number of aromatic nitrogens is 1. The fraction of sp³-hybridized carbons (Fsp3) is 0.154. The van der Waals surface area contributed by atoms with Crippen LogP contribution in [0.2, 0.25) is 0 Å². The average Bonchev–Trinajstić information content (AvgIpc) is 2.79. The molecule has 1 atom stereocenters. The van der Waals surface area contributed by atoms with Crippen molar-refractivity contribution in [2.75, 3.05) is 7.11 Å². The summed E-state index contributed by atoms with van der Waals surface area (Å²) in [6.07, 6.45) is 0. The van der Waals surface area contributed by atoms with Crippen LogP contribution in [-0.4, -0.2) is 18.0 Å². The third-order valence-electron chi connectivity index (χ3n) is 5.37. The van der Waals surface area contributed by atoms with Crippen LogP contribution in [0.1, 0.15) is 34.5 Å². The molecule has 0 saturated heterocycles. The van der Waals surface area contributed by atoms with E-state index in [0.717, 1.165) is 39.0 Å². The summed E-state index contributed by atoms with van der Waals surface area (Å²) < 4.78 is 5.27. The minimum atomic E-state index is -0.102. The zero-order chi connectivity index (χ0) is 21.1. The van der Waals surface area contributed by atoms with Gasteiger partial charge in [0.2, 0.25) is 0 Å². The van der Waals surface area contributed by atoms with E-state index in [1.54, 1.807) is 7.11 Å². The zero-order valence-corrected chi connectivity index (χ0v) is 17.3. The smallest absolute Gasteiger partial charge is 0.252 e. The van der Waals surface area contributed by atoms with Crippen molar-refractivity contribution in [3.05, 3.63) is 95.6 Å². The summed E-state index contributed by atoms with van der Waals surface area (Å²) in [5, 5.41) is 4.01. The molecule has 1 unspecified atom stereocenters. The summed E-state index contributed by atoms with van der Waals surface area (Å²) in [5.74, 6) is 0.684. The topological polar surface area (TPSA) is 51.2 Å². The molecule has 0 saturated carbocycles. The minimum absolute atomic E-state index is 0.0998. The Morgan fingerprint density at radius 3 is 2.30 bits per heavy atom. The number of hydrogen-bond donors (Lipinski definition) is 1. The first-order chi connectivity index (χ1) is 14.6. The number of benzene rings is 3. The molecule has 0 fully saturated rings. The molecule has 3 aromatic carbocycles. The fourth-order valence-electron chi connectivity index (χ4n) is 3.72. The predicted molar refractivity (Wildman–Crippen MR) is 121 cm³/mol. The van der Waals surface area contributed by atoms with Crippen LogP contribution >= 0.6 is 0 Å². The number of carbonyl (C=O) groups excluding carboxylic acids is 1. The molecule has 4 nitrogen and oxygen atoms in total. The summed E-state index contributed by atoms with van der Waals surface area (Å²) in [6.45, 7) is 3.96. The van der Waals surface area contributed by atoms with Crippen molar-refractivity contribution in [2.24, 2.45) is 0 Å². The highest BCUT2D eigenvalue weighted by Gasteiger charge is 2.20. The van der Waals surface area contributed by atoms with Crippen molar-refractivity contribution in [3.63, 3.8) is 0 Å². The number of nitrogens with zero attached hydrogens (tertiary/aromatic N) is 1. The van der Waals surface area contributed by atoms with Gasteiger partial charge in [0.25, 0.3) is 5.91 Å². The Morgan fingerprint density at radius 1 is 0.933 bits per heavy atom. The molecule has 0 aliphatic carbocycles. The largest absolute Gasteiger partial charge is 0.497 e. The van der Waals surface area contributed by atoms with Gasteiger partial charge in [-0.2, -0.15) is 0 Å². The van der Waals surface area contributed by atoms with Gasteiger partial charge < -0.3 is 10.1 Å². The molecule has 1 N–H and O–H groups in total. The molecule has 1 heterocycles. The van der Waals surface area contributed by atoms with Gasteiger partial charge >= 0.3 is 0 Å². The third-order valence-corrected chi connectivity index (χ3v) is 5.37. The first-order valence-corrected chi connectivity index (χ1v) is 9.98. The molecule has 150 valence electrons. The molecule has 0 aliphatic rings. The number of methoxy groups -OCH3 is 1. The van der Waals surface area contributed by atoms with Crippen LogP contribution in [0.3, 0.4) is 0 Å². The van der Waals surface area contributed by atoms with Gasteiger partial charge in [-0.05, 0) is 55.3 Å². The lowest BCUT2D eigenvalue weighted by Crippen LogP contribution is -2.27. The Kier molecular flexibility index (Phi) is 5.48. The van der Waals surface area contributed by atoms with Crippen LogP contribution < -0.4 is 10.1 Å². The van der Waals surface area contributed by atoms with E-state index in [0.29, 0.717) is 5.56 Å². The summed E-state index contributed by atoms with van der Waals surface area (Å²) in [7, 11) is 1.64. The van der Waals surface area contributed by atoms with Crippen LogP contribution in [0, 0.1) is 6.92 Å². The van der Waals surface area contributed by atoms with E-state index in [9.17, 15) is 4.79 Å². The quantitative estimate of drug-likeness (QED) is 0.470. The highest BCUT2D eigenvalue weighted by atomic mass is 16.5. The Bertz CT molecular complexity index is 1190. The lowest BCUT2D eigenvalue weighted by Gasteiger charge is -2.18. The molecule has 30 heavy (non-hydrogen) atoms. The van der Waals surface area contributed by atoms with E-state index < -0.39 is 0 Å². The molecule has 4 heteroatoms. The third kappa shape index (κ3) is 3.77. The lowest BCUT2D eigenvalue weighted by molar-refractivity contribution is 0.0941. The first-order valence-electron chi connectivity index (χ1n) is 9.98. The van der Waals surface area contributed by atoms with E-state index in [1.807, 2.05) is 92.7 Å². The summed E-state index contributed by atoms with van der Waals surface area (Å²) in [5.41, 5.74) is 5.13. The highest BCUT2D eigenvalue weighted by Crippen LogP contribution is 2.31. The van der Waals surface area contributed by atoms with Crippen LogP contribution in [0.4, 0.5) is 0 Å². The van der Waals surface area contributed by atoms with Crippen molar-refractivity contribution in [3.8, 4) is 17.0 Å². The number of hydrogen-bond acceptors (Lipinski definition) is 3. The number of para-hydroxylation sites is 1. The number of fused-ring (bicyclic) bond motifs is 1. The fourth-order valence-corrected chi connectivity index (χ4v) is 3.72. The Hall–Kier alpha value is -3.66. The van der Waals surface area contributed by atoms with Gasteiger partial charge in [-0.25, -0.2) is 4.98 Å². The molecule has 0 radical (unpaired) electrons. The summed E-state index contributed by atoms with van der Waals surface area (Å²) in [4.78, 5) is 18.2. The van der Waals surface area contributed by atoms with Crippen molar-refractivity contribution in [1.29, 1.82) is 0 Å². The normalized spacial score (nSPS) is 11.8. The van der Waals surface area contributed by atoms with Crippen LogP contribution in [0.25, 0.3) is 22.2 Å². The second-order valence-electron chi connectivity index (χ2n) is 7.31. The van der Waals surface area contributed by atoms with Gasteiger partial charge in [0.1, 0.15) is 5.75 Å². The van der Waals surface area contributed by atoms with E-state index >= 15 is 0 Å². The number of pyridine rings is 1. The second-order valence-corrected chi connectivity index (χ2v) is 7.31. The van der Waals surface area contributed by atoms with Crippen molar-refractivity contribution in [1.82, 2.24) is 10.3 Å². The molecule has 0 aliphatic heterocycles. The van der Waals surface area contributed by atoms with E-state index in [4.69, 9.17) is 9.72 Å². The molecular weight excluding hydrogens is 372 g/mol. The molecule has 4 aromatic rings. The van der Waals surface area contributed by atoms with Gasteiger partial charge in [-0.3, -0.25) is 4.79 Å². The summed E-state index contributed by atoms with van der Waals surface area (Å²) in [6, 6.07) is 25.4. The highest BCUT2D eigenvalue weighted by molar-refractivity contribution is 6.09. The van der Waals surface area contributed by atoms with Gasteiger partial charge in [0.15, 0.2) is 0 Å².